The lowest BCUT2D eigenvalue weighted by atomic mass is 10.1. The number of para-hydroxylation sites is 1. The number of hydrogen-bond acceptors (Lipinski definition) is 5. The molecule has 2 aromatic heterocycles. The molecule has 7 heteroatoms. The molecular weight excluding hydrogens is 342 g/mol. The van der Waals surface area contributed by atoms with Crippen LogP contribution in [0.1, 0.15) is 21.6 Å². The third-order valence-electron chi connectivity index (χ3n) is 4.53. The van der Waals surface area contributed by atoms with Gasteiger partial charge >= 0.3 is 0 Å². The summed E-state index contributed by atoms with van der Waals surface area (Å²) in [6.45, 7) is 2.85. The van der Waals surface area contributed by atoms with E-state index in [4.69, 9.17) is 10.00 Å². The number of ether oxygens (including phenoxy) is 1. The van der Waals surface area contributed by atoms with Crippen LogP contribution < -0.4 is 4.74 Å². The number of carbonyl (C=O) groups is 1. The van der Waals surface area contributed by atoms with Crippen LogP contribution in [0.2, 0.25) is 0 Å². The first-order valence-electron chi connectivity index (χ1n) is 8.58. The maximum atomic E-state index is 12.7. The van der Waals surface area contributed by atoms with Crippen molar-refractivity contribution in [2.75, 3.05) is 13.1 Å². The number of amides is 1. The Morgan fingerprint density at radius 1 is 1.26 bits per heavy atom. The Bertz CT molecular complexity index is 1020. The first-order valence-corrected chi connectivity index (χ1v) is 8.58. The van der Waals surface area contributed by atoms with E-state index in [1.807, 2.05) is 37.3 Å². The van der Waals surface area contributed by atoms with E-state index in [0.29, 0.717) is 30.1 Å². The molecule has 0 aliphatic carbocycles. The molecule has 1 amide bonds. The fraction of sp³-hybridized carbons (Fsp3) is 0.200. The summed E-state index contributed by atoms with van der Waals surface area (Å²) >= 11 is 0. The van der Waals surface area contributed by atoms with Gasteiger partial charge in [0.25, 0.3) is 5.91 Å². The first kappa shape index (κ1) is 16.8. The summed E-state index contributed by atoms with van der Waals surface area (Å²) in [4.78, 5) is 18.6. The van der Waals surface area contributed by atoms with Gasteiger partial charge in [-0.2, -0.15) is 10.4 Å². The summed E-state index contributed by atoms with van der Waals surface area (Å²) in [5.41, 5.74) is 2.80. The van der Waals surface area contributed by atoms with Gasteiger partial charge < -0.3 is 9.64 Å². The van der Waals surface area contributed by atoms with Gasteiger partial charge in [0.15, 0.2) is 0 Å². The van der Waals surface area contributed by atoms with Gasteiger partial charge in [-0.1, -0.05) is 18.2 Å². The number of rotatable bonds is 4. The van der Waals surface area contributed by atoms with Gasteiger partial charge in [0.05, 0.1) is 47.9 Å². The predicted octanol–water partition coefficient (Wildman–Crippen LogP) is 2.35. The molecule has 4 rings (SSSR count). The average molecular weight is 359 g/mol. The Morgan fingerprint density at radius 3 is 2.78 bits per heavy atom. The van der Waals surface area contributed by atoms with Crippen molar-refractivity contribution < 1.29 is 9.53 Å². The molecule has 0 unspecified atom stereocenters. The minimum atomic E-state index is -0.125. The number of hydrogen-bond donors (Lipinski definition) is 0. The van der Waals surface area contributed by atoms with Crippen molar-refractivity contribution in [3.05, 3.63) is 71.7 Å². The van der Waals surface area contributed by atoms with E-state index < -0.39 is 0 Å². The van der Waals surface area contributed by atoms with Gasteiger partial charge in [-0.25, -0.2) is 9.67 Å². The van der Waals surface area contributed by atoms with Crippen molar-refractivity contribution in [2.45, 2.75) is 13.0 Å². The Balaban J connectivity index is 1.41. The average Bonchev–Trinajstić information content (AvgIpc) is 3.06. The number of pyridine rings is 1. The van der Waals surface area contributed by atoms with Gasteiger partial charge in [-0.15, -0.1) is 0 Å². The topological polar surface area (TPSA) is 84.0 Å². The number of likely N-dealkylation sites (tertiary alicyclic amines) is 1. The van der Waals surface area contributed by atoms with E-state index in [2.05, 4.69) is 16.2 Å². The minimum absolute atomic E-state index is 0.0618. The zero-order valence-corrected chi connectivity index (χ0v) is 14.7. The normalized spacial score (nSPS) is 13.7. The van der Waals surface area contributed by atoms with Gasteiger partial charge in [0.2, 0.25) is 5.88 Å². The number of benzene rings is 1. The number of carbonyl (C=O) groups excluding carboxylic acids is 1. The summed E-state index contributed by atoms with van der Waals surface area (Å²) in [7, 11) is 0. The summed E-state index contributed by atoms with van der Waals surface area (Å²) in [5, 5.41) is 13.3. The highest BCUT2D eigenvalue weighted by molar-refractivity contribution is 5.95. The second-order valence-corrected chi connectivity index (χ2v) is 6.34. The van der Waals surface area contributed by atoms with Gasteiger partial charge in [-0.3, -0.25) is 4.79 Å². The molecule has 0 atom stereocenters. The molecule has 0 bridgehead atoms. The molecule has 1 aliphatic heterocycles. The van der Waals surface area contributed by atoms with Crippen LogP contribution in [0.25, 0.3) is 5.69 Å². The van der Waals surface area contributed by atoms with Crippen molar-refractivity contribution in [3.63, 3.8) is 0 Å². The molecule has 1 saturated heterocycles. The molecule has 1 aliphatic rings. The molecule has 3 heterocycles. The molecule has 1 fully saturated rings. The minimum Gasteiger partial charge on any atom is -0.471 e. The monoisotopic (exact) mass is 359 g/mol. The second kappa shape index (κ2) is 6.92. The predicted molar refractivity (Wildman–Crippen MR) is 97.6 cm³/mol. The largest absolute Gasteiger partial charge is 0.471 e. The number of aromatic nitrogens is 3. The van der Waals surface area contributed by atoms with E-state index in [1.54, 1.807) is 27.9 Å². The summed E-state index contributed by atoms with van der Waals surface area (Å²) in [6.07, 6.45) is 3.02. The molecule has 3 aromatic rings. The van der Waals surface area contributed by atoms with Crippen LogP contribution in [-0.4, -0.2) is 44.8 Å². The van der Waals surface area contributed by atoms with Gasteiger partial charge in [0.1, 0.15) is 6.10 Å². The molecule has 0 saturated carbocycles. The Kier molecular flexibility index (Phi) is 4.30. The molecule has 134 valence electrons. The Hall–Kier alpha value is -3.66. The lowest BCUT2D eigenvalue weighted by Gasteiger charge is -2.38. The van der Waals surface area contributed by atoms with Crippen molar-refractivity contribution >= 4 is 5.91 Å². The maximum Gasteiger partial charge on any atom is 0.257 e. The molecule has 27 heavy (non-hydrogen) atoms. The lowest BCUT2D eigenvalue weighted by molar-refractivity contribution is 0.0159. The number of nitrogens with zero attached hydrogens (tertiary/aromatic N) is 5. The van der Waals surface area contributed by atoms with Gasteiger partial charge in [0, 0.05) is 12.3 Å². The van der Waals surface area contributed by atoms with Crippen LogP contribution in [-0.2, 0) is 0 Å². The van der Waals surface area contributed by atoms with E-state index in [0.717, 1.165) is 11.4 Å². The maximum absolute atomic E-state index is 12.7. The molecule has 7 nitrogen and oxygen atoms in total. The van der Waals surface area contributed by atoms with Crippen LogP contribution >= 0.6 is 0 Å². The summed E-state index contributed by atoms with van der Waals surface area (Å²) in [5.74, 6) is 0.340. The van der Waals surface area contributed by atoms with Crippen LogP contribution in [0.5, 0.6) is 5.88 Å². The fourth-order valence-corrected chi connectivity index (χ4v) is 3.01. The Morgan fingerprint density at radius 2 is 2.04 bits per heavy atom. The van der Waals surface area contributed by atoms with Crippen molar-refractivity contribution in [3.8, 4) is 17.6 Å². The zero-order valence-electron chi connectivity index (χ0n) is 14.7. The van der Waals surface area contributed by atoms with Crippen molar-refractivity contribution in [1.29, 1.82) is 5.26 Å². The quantitative estimate of drug-likeness (QED) is 0.714. The SMILES string of the molecule is Cc1c(C(=O)N2CC(Oc3cc(C#N)ccn3)C2)cnn1-c1ccccc1. The molecule has 1 aromatic carbocycles. The van der Waals surface area contributed by atoms with Crippen molar-refractivity contribution in [1.82, 2.24) is 19.7 Å². The number of nitriles is 1. The second-order valence-electron chi connectivity index (χ2n) is 6.34. The molecule has 0 radical (unpaired) electrons. The summed E-state index contributed by atoms with van der Waals surface area (Å²) in [6, 6.07) is 15.0. The fourth-order valence-electron chi connectivity index (χ4n) is 3.01. The highest BCUT2D eigenvalue weighted by Crippen LogP contribution is 2.21. The van der Waals surface area contributed by atoms with Crippen LogP contribution in [0.15, 0.2) is 54.9 Å². The smallest absolute Gasteiger partial charge is 0.257 e. The highest BCUT2D eigenvalue weighted by atomic mass is 16.5. The van der Waals surface area contributed by atoms with Crippen LogP contribution in [0, 0.1) is 18.3 Å². The third kappa shape index (κ3) is 3.25. The van der Waals surface area contributed by atoms with E-state index >= 15 is 0 Å². The van der Waals surface area contributed by atoms with E-state index in [-0.39, 0.29) is 12.0 Å². The lowest BCUT2D eigenvalue weighted by Crippen LogP contribution is -2.56. The van der Waals surface area contributed by atoms with E-state index in [1.165, 1.54) is 6.20 Å². The molecular formula is C20H17N5O2. The van der Waals surface area contributed by atoms with Gasteiger partial charge in [-0.05, 0) is 25.1 Å². The van der Waals surface area contributed by atoms with Crippen LogP contribution in [0.4, 0.5) is 0 Å². The Labute approximate surface area is 156 Å². The zero-order chi connectivity index (χ0) is 18.8. The van der Waals surface area contributed by atoms with Crippen molar-refractivity contribution in [2.24, 2.45) is 0 Å². The third-order valence-corrected chi connectivity index (χ3v) is 4.53. The van der Waals surface area contributed by atoms with Crippen LogP contribution in [0.3, 0.4) is 0 Å². The standard InChI is InChI=1S/C20H17N5O2/c1-14-18(11-23-25(14)16-5-3-2-4-6-16)20(26)24-12-17(13-24)27-19-9-15(10-21)7-8-22-19/h2-9,11,17H,12-13H2,1H3. The highest BCUT2D eigenvalue weighted by Gasteiger charge is 2.34. The first-order chi connectivity index (χ1) is 13.2. The van der Waals surface area contributed by atoms with E-state index in [9.17, 15) is 4.79 Å². The summed E-state index contributed by atoms with van der Waals surface area (Å²) < 4.78 is 7.50. The molecule has 0 spiro atoms. The molecule has 0 N–H and O–H groups in total.